The van der Waals surface area contributed by atoms with E-state index in [1.54, 1.807) is 0 Å². The summed E-state index contributed by atoms with van der Waals surface area (Å²) >= 11 is 0. The first-order valence-corrected chi connectivity index (χ1v) is 8.48. The molecule has 0 atom stereocenters. The summed E-state index contributed by atoms with van der Waals surface area (Å²) in [6.07, 6.45) is 2.86. The van der Waals surface area contributed by atoms with E-state index in [2.05, 4.69) is 75.1 Å². The lowest BCUT2D eigenvalue weighted by atomic mass is 9.84. The van der Waals surface area contributed by atoms with E-state index < -0.39 is 0 Å². The highest BCUT2D eigenvalue weighted by molar-refractivity contribution is 6.15. The van der Waals surface area contributed by atoms with Gasteiger partial charge in [-0.1, -0.05) is 29.8 Å². The molecule has 0 spiro atoms. The Kier molecular flexibility index (Phi) is 3.31. The van der Waals surface area contributed by atoms with Gasteiger partial charge in [0, 0.05) is 22.7 Å². The molecule has 1 aliphatic rings. The highest BCUT2D eigenvalue weighted by Crippen LogP contribution is 2.31. The first-order valence-electron chi connectivity index (χ1n) is 8.48. The fourth-order valence-corrected chi connectivity index (χ4v) is 3.62. The maximum absolute atomic E-state index is 5.09. The third-order valence-electron chi connectivity index (χ3n) is 4.79. The average Bonchev–Trinajstić information content (AvgIpc) is 2.53. The van der Waals surface area contributed by atoms with E-state index in [0.717, 1.165) is 17.6 Å². The van der Waals surface area contributed by atoms with Crippen LogP contribution in [0.25, 0.3) is 10.9 Å². The summed E-state index contributed by atoms with van der Waals surface area (Å²) in [6.45, 7) is 8.72. The van der Waals surface area contributed by atoms with Gasteiger partial charge in [0.1, 0.15) is 0 Å². The molecule has 2 nitrogen and oxygen atoms in total. The minimum Gasteiger partial charge on any atom is -0.278 e. The van der Waals surface area contributed by atoms with Gasteiger partial charge in [-0.2, -0.15) is 0 Å². The van der Waals surface area contributed by atoms with Gasteiger partial charge < -0.3 is 0 Å². The van der Waals surface area contributed by atoms with Crippen molar-refractivity contribution in [1.82, 2.24) is 4.98 Å². The Morgan fingerprint density at radius 3 is 2.62 bits per heavy atom. The zero-order valence-corrected chi connectivity index (χ0v) is 14.7. The lowest BCUT2D eigenvalue weighted by Crippen LogP contribution is -2.29. The molecule has 1 aromatic heterocycles. The third-order valence-corrected chi connectivity index (χ3v) is 4.79. The number of aromatic nitrogens is 1. The fourth-order valence-electron chi connectivity index (χ4n) is 3.62. The molecule has 24 heavy (non-hydrogen) atoms. The largest absolute Gasteiger partial charge is 0.278 e. The maximum Gasteiger partial charge on any atom is 0.0728 e. The lowest BCUT2D eigenvalue weighted by Gasteiger charge is -2.29. The van der Waals surface area contributed by atoms with E-state index in [-0.39, 0.29) is 5.54 Å². The molecule has 1 aliphatic heterocycles. The molecule has 2 aromatic carbocycles. The van der Waals surface area contributed by atoms with Crippen LogP contribution in [0.2, 0.25) is 0 Å². The van der Waals surface area contributed by atoms with Gasteiger partial charge in [0.25, 0.3) is 0 Å². The van der Waals surface area contributed by atoms with Crippen molar-refractivity contribution in [1.29, 1.82) is 0 Å². The Morgan fingerprint density at radius 1 is 0.958 bits per heavy atom. The van der Waals surface area contributed by atoms with Crippen molar-refractivity contribution in [2.75, 3.05) is 0 Å². The summed E-state index contributed by atoms with van der Waals surface area (Å²) < 4.78 is 0. The summed E-state index contributed by atoms with van der Waals surface area (Å²) in [5.74, 6) is 0. The molecule has 0 N–H and O–H groups in total. The van der Waals surface area contributed by atoms with Crippen LogP contribution in [0.5, 0.6) is 0 Å². The molecule has 0 fully saturated rings. The van der Waals surface area contributed by atoms with Crippen molar-refractivity contribution >= 4 is 16.6 Å². The predicted octanol–water partition coefficient (Wildman–Crippen LogP) is 5.02. The van der Waals surface area contributed by atoms with E-state index in [9.17, 15) is 0 Å². The standard InChI is InChI=1S/C22H22N2/c1-14-5-7-18-17(11-14)13-22(3,4)24-21(18)16-6-8-20-19(12-16)15(2)9-10-23-20/h5-12H,13H2,1-4H3. The monoisotopic (exact) mass is 314 g/mol. The number of aliphatic imine (C=N–C) groups is 1. The SMILES string of the molecule is Cc1ccc2c(c1)CC(C)(C)N=C2c1ccc2nccc(C)c2c1. The Bertz CT molecular complexity index is 980. The second kappa shape index (κ2) is 5.27. The quantitative estimate of drug-likeness (QED) is 0.619. The summed E-state index contributed by atoms with van der Waals surface area (Å²) in [5, 5.41) is 1.20. The number of hydrogen-bond acceptors (Lipinski definition) is 2. The van der Waals surface area contributed by atoms with Gasteiger partial charge >= 0.3 is 0 Å². The van der Waals surface area contributed by atoms with Crippen molar-refractivity contribution in [2.24, 2.45) is 4.99 Å². The van der Waals surface area contributed by atoms with Gasteiger partial charge in [-0.15, -0.1) is 0 Å². The lowest BCUT2D eigenvalue weighted by molar-refractivity contribution is 0.513. The second-order valence-corrected chi connectivity index (χ2v) is 7.47. The molecule has 120 valence electrons. The number of nitrogens with zero attached hydrogens (tertiary/aromatic N) is 2. The van der Waals surface area contributed by atoms with Crippen molar-refractivity contribution < 1.29 is 0 Å². The molecule has 0 bridgehead atoms. The van der Waals surface area contributed by atoms with Crippen LogP contribution in [0.3, 0.4) is 0 Å². The number of rotatable bonds is 1. The second-order valence-electron chi connectivity index (χ2n) is 7.47. The first-order chi connectivity index (χ1) is 11.4. The van der Waals surface area contributed by atoms with Crippen LogP contribution in [0, 0.1) is 13.8 Å². The summed E-state index contributed by atoms with van der Waals surface area (Å²) in [5.41, 5.74) is 8.47. The number of aryl methyl sites for hydroxylation is 2. The number of benzene rings is 2. The molecule has 3 aromatic rings. The van der Waals surface area contributed by atoms with E-state index in [1.807, 2.05) is 6.20 Å². The van der Waals surface area contributed by atoms with Crippen molar-refractivity contribution in [2.45, 2.75) is 39.7 Å². The summed E-state index contributed by atoms with van der Waals surface area (Å²) in [4.78, 5) is 9.56. The number of fused-ring (bicyclic) bond motifs is 2. The zero-order chi connectivity index (χ0) is 16.9. The number of hydrogen-bond donors (Lipinski definition) is 0. The average molecular weight is 314 g/mol. The van der Waals surface area contributed by atoms with Gasteiger partial charge in [0.2, 0.25) is 0 Å². The highest BCUT2D eigenvalue weighted by Gasteiger charge is 2.27. The van der Waals surface area contributed by atoms with Gasteiger partial charge in [0.15, 0.2) is 0 Å². The van der Waals surface area contributed by atoms with E-state index in [1.165, 1.54) is 33.2 Å². The molecule has 2 heterocycles. The van der Waals surface area contributed by atoms with Gasteiger partial charge in [-0.25, -0.2) is 0 Å². The Hall–Kier alpha value is -2.48. The molecule has 0 saturated heterocycles. The zero-order valence-electron chi connectivity index (χ0n) is 14.7. The Labute approximate surface area is 143 Å². The van der Waals surface area contributed by atoms with E-state index in [4.69, 9.17) is 4.99 Å². The van der Waals surface area contributed by atoms with Gasteiger partial charge in [-0.3, -0.25) is 9.98 Å². The van der Waals surface area contributed by atoms with Crippen molar-refractivity contribution in [3.05, 3.63) is 76.5 Å². The predicted molar refractivity (Wildman–Crippen MR) is 101 cm³/mol. The topological polar surface area (TPSA) is 25.2 Å². The van der Waals surface area contributed by atoms with Crippen LogP contribution < -0.4 is 0 Å². The molecule has 2 heteroatoms. The normalized spacial score (nSPS) is 15.9. The van der Waals surface area contributed by atoms with Crippen molar-refractivity contribution in [3.8, 4) is 0 Å². The first kappa shape index (κ1) is 15.1. The van der Waals surface area contributed by atoms with Crippen LogP contribution in [-0.2, 0) is 6.42 Å². The minimum atomic E-state index is -0.0743. The minimum absolute atomic E-state index is 0.0743. The van der Waals surface area contributed by atoms with E-state index >= 15 is 0 Å². The fraction of sp³-hybridized carbons (Fsp3) is 0.273. The van der Waals surface area contributed by atoms with Gasteiger partial charge in [-0.05, 0) is 63.4 Å². The highest BCUT2D eigenvalue weighted by atomic mass is 14.9. The van der Waals surface area contributed by atoms with Crippen LogP contribution in [0.15, 0.2) is 53.7 Å². The Balaban J connectivity index is 1.95. The third kappa shape index (κ3) is 2.52. The summed E-state index contributed by atoms with van der Waals surface area (Å²) in [7, 11) is 0. The smallest absolute Gasteiger partial charge is 0.0728 e. The Morgan fingerprint density at radius 2 is 1.79 bits per heavy atom. The van der Waals surface area contributed by atoms with Crippen LogP contribution in [-0.4, -0.2) is 16.2 Å². The molecule has 0 aliphatic carbocycles. The molecule has 0 radical (unpaired) electrons. The molecule has 4 rings (SSSR count). The molecular weight excluding hydrogens is 292 g/mol. The van der Waals surface area contributed by atoms with E-state index in [0.29, 0.717) is 0 Å². The molecule has 0 saturated carbocycles. The van der Waals surface area contributed by atoms with Crippen LogP contribution >= 0.6 is 0 Å². The molecule has 0 amide bonds. The van der Waals surface area contributed by atoms with Crippen LogP contribution in [0.1, 0.15) is 41.7 Å². The van der Waals surface area contributed by atoms with Crippen molar-refractivity contribution in [3.63, 3.8) is 0 Å². The molecule has 0 unspecified atom stereocenters. The van der Waals surface area contributed by atoms with Crippen LogP contribution in [0.4, 0.5) is 0 Å². The van der Waals surface area contributed by atoms with Gasteiger partial charge in [0.05, 0.1) is 16.8 Å². The number of pyridine rings is 1. The maximum atomic E-state index is 5.09. The molecular formula is C22H22N2. The summed E-state index contributed by atoms with van der Waals surface area (Å²) in [6, 6.07) is 15.3.